The lowest BCUT2D eigenvalue weighted by Crippen LogP contribution is -2.25. The molecule has 1 radical (unpaired) electrons. The van der Waals surface area contributed by atoms with Gasteiger partial charge in [-0.2, -0.15) is 0 Å². The van der Waals surface area contributed by atoms with Gasteiger partial charge in [0.05, 0.1) is 6.26 Å². The minimum atomic E-state index is -3.07. The van der Waals surface area contributed by atoms with Crippen molar-refractivity contribution in [2.24, 2.45) is 0 Å². The molecule has 0 spiro atoms. The number of hydrogen-bond acceptors (Lipinski definition) is 2. The highest BCUT2D eigenvalue weighted by Gasteiger charge is 2.40. The van der Waals surface area contributed by atoms with Gasteiger partial charge in [0.1, 0.15) is 0 Å². The summed E-state index contributed by atoms with van der Waals surface area (Å²) in [7, 11) is -3.07. The molecule has 0 aliphatic heterocycles. The van der Waals surface area contributed by atoms with Crippen molar-refractivity contribution >= 4 is 10.0 Å². The number of rotatable bonds is 3. The minimum absolute atomic E-state index is 0.0207. The van der Waals surface area contributed by atoms with Gasteiger partial charge in [-0.3, -0.25) is 0 Å². The van der Waals surface area contributed by atoms with E-state index in [0.717, 1.165) is 12.0 Å². The van der Waals surface area contributed by atoms with E-state index in [4.69, 9.17) is 0 Å². The summed E-state index contributed by atoms with van der Waals surface area (Å²) in [6.07, 6.45) is 2.02. The first-order chi connectivity index (χ1) is 6.56. The van der Waals surface area contributed by atoms with Gasteiger partial charge in [0.25, 0.3) is 0 Å². The van der Waals surface area contributed by atoms with Gasteiger partial charge in [0, 0.05) is 12.0 Å². The van der Waals surface area contributed by atoms with Crippen LogP contribution in [0.25, 0.3) is 0 Å². The molecule has 1 aromatic rings. The Morgan fingerprint density at radius 2 is 1.93 bits per heavy atom. The SMILES string of the molecule is CS(=O)(=O)NC1C[C]1c1ccccc1. The first-order valence-electron chi connectivity index (χ1n) is 4.45. The Bertz CT molecular complexity index is 413. The van der Waals surface area contributed by atoms with Crippen LogP contribution in [0.5, 0.6) is 0 Å². The minimum Gasteiger partial charge on any atom is -0.213 e. The Hall–Kier alpha value is -0.870. The Balaban J connectivity index is 2.01. The fourth-order valence-corrected chi connectivity index (χ4v) is 2.25. The molecule has 1 aliphatic rings. The van der Waals surface area contributed by atoms with Crippen LogP contribution in [0, 0.1) is 5.92 Å². The lowest BCUT2D eigenvalue weighted by molar-refractivity contribution is 0.588. The van der Waals surface area contributed by atoms with Gasteiger partial charge >= 0.3 is 0 Å². The Morgan fingerprint density at radius 3 is 2.50 bits per heavy atom. The van der Waals surface area contributed by atoms with Gasteiger partial charge < -0.3 is 0 Å². The topological polar surface area (TPSA) is 46.2 Å². The lowest BCUT2D eigenvalue weighted by Gasteiger charge is -2.00. The Kier molecular flexibility index (Phi) is 2.33. The van der Waals surface area contributed by atoms with E-state index in [1.54, 1.807) is 0 Å². The average molecular weight is 210 g/mol. The standard InChI is InChI=1S/C10H12NO2S/c1-14(12,13)11-10-7-9(10)8-5-3-2-4-6-8/h2-6,10-11H,7H2,1H3. The zero-order valence-corrected chi connectivity index (χ0v) is 8.71. The third-order valence-corrected chi connectivity index (χ3v) is 2.90. The van der Waals surface area contributed by atoms with Crippen molar-refractivity contribution in [3.05, 3.63) is 41.8 Å². The molecule has 1 fully saturated rings. The highest BCUT2D eigenvalue weighted by Crippen LogP contribution is 2.39. The lowest BCUT2D eigenvalue weighted by atomic mass is 10.1. The van der Waals surface area contributed by atoms with Crippen LogP contribution >= 0.6 is 0 Å². The van der Waals surface area contributed by atoms with E-state index in [9.17, 15) is 8.42 Å². The molecule has 2 rings (SSSR count). The largest absolute Gasteiger partial charge is 0.213 e. The van der Waals surface area contributed by atoms with E-state index < -0.39 is 10.0 Å². The van der Waals surface area contributed by atoms with Crippen molar-refractivity contribution in [1.29, 1.82) is 0 Å². The molecule has 3 nitrogen and oxygen atoms in total. The van der Waals surface area contributed by atoms with Crippen LogP contribution < -0.4 is 4.72 Å². The normalized spacial score (nSPS) is 22.2. The number of sulfonamides is 1. The third-order valence-electron chi connectivity index (χ3n) is 2.19. The molecular formula is C10H12NO2S. The number of nitrogens with one attached hydrogen (secondary N) is 1. The maximum atomic E-state index is 10.9. The van der Waals surface area contributed by atoms with Crippen LogP contribution in [-0.4, -0.2) is 20.7 Å². The maximum absolute atomic E-state index is 10.9. The molecule has 1 aliphatic carbocycles. The second-order valence-electron chi connectivity index (χ2n) is 3.54. The summed E-state index contributed by atoms with van der Waals surface area (Å²) in [4.78, 5) is 0. The first-order valence-corrected chi connectivity index (χ1v) is 6.34. The summed E-state index contributed by atoms with van der Waals surface area (Å²) in [5.74, 6) is 1.18. The van der Waals surface area contributed by atoms with Gasteiger partial charge in [-0.1, -0.05) is 30.3 Å². The molecule has 0 bridgehead atoms. The molecule has 4 heteroatoms. The molecular weight excluding hydrogens is 198 g/mol. The molecule has 14 heavy (non-hydrogen) atoms. The van der Waals surface area contributed by atoms with Crippen molar-refractivity contribution in [1.82, 2.24) is 4.72 Å². The van der Waals surface area contributed by atoms with Crippen LogP contribution in [-0.2, 0) is 10.0 Å². The number of hydrogen-bond donors (Lipinski definition) is 1. The summed E-state index contributed by atoms with van der Waals surface area (Å²) >= 11 is 0. The van der Waals surface area contributed by atoms with Crippen LogP contribution in [0.15, 0.2) is 30.3 Å². The molecule has 1 N–H and O–H groups in total. The molecule has 1 atom stereocenters. The van der Waals surface area contributed by atoms with Gasteiger partial charge in [0.2, 0.25) is 10.0 Å². The monoisotopic (exact) mass is 210 g/mol. The zero-order valence-electron chi connectivity index (χ0n) is 7.90. The van der Waals surface area contributed by atoms with Crippen LogP contribution in [0.1, 0.15) is 12.0 Å². The molecule has 75 valence electrons. The van der Waals surface area contributed by atoms with Gasteiger partial charge in [-0.05, 0) is 12.0 Å². The van der Waals surface area contributed by atoms with Gasteiger partial charge in [-0.25, -0.2) is 13.1 Å². The average Bonchev–Trinajstić information content (AvgIpc) is 2.82. The predicted molar refractivity (Wildman–Crippen MR) is 55.2 cm³/mol. The quantitative estimate of drug-likeness (QED) is 0.806. The van der Waals surface area contributed by atoms with Crippen molar-refractivity contribution in [2.45, 2.75) is 12.5 Å². The van der Waals surface area contributed by atoms with Crippen LogP contribution in [0.2, 0.25) is 0 Å². The van der Waals surface area contributed by atoms with E-state index in [1.807, 2.05) is 30.3 Å². The second kappa shape index (κ2) is 3.37. The summed E-state index contributed by atoms with van der Waals surface area (Å²) in [5, 5.41) is 0. The summed E-state index contributed by atoms with van der Waals surface area (Å²) in [6.45, 7) is 0. The Labute approximate surface area is 84.2 Å². The fourth-order valence-electron chi connectivity index (χ4n) is 1.50. The Morgan fingerprint density at radius 1 is 1.29 bits per heavy atom. The van der Waals surface area contributed by atoms with Crippen molar-refractivity contribution < 1.29 is 8.42 Å². The van der Waals surface area contributed by atoms with E-state index in [0.29, 0.717) is 0 Å². The predicted octanol–water partition coefficient (Wildman–Crippen LogP) is 0.931. The van der Waals surface area contributed by atoms with E-state index in [-0.39, 0.29) is 6.04 Å². The third kappa shape index (κ3) is 2.33. The zero-order chi connectivity index (χ0) is 10.2. The van der Waals surface area contributed by atoms with Crippen molar-refractivity contribution in [3.63, 3.8) is 0 Å². The van der Waals surface area contributed by atoms with Crippen LogP contribution in [0.4, 0.5) is 0 Å². The summed E-state index contributed by atoms with van der Waals surface area (Å²) in [5.41, 5.74) is 1.13. The highest BCUT2D eigenvalue weighted by molar-refractivity contribution is 7.88. The fraction of sp³-hybridized carbons (Fsp3) is 0.300. The molecule has 1 aromatic carbocycles. The van der Waals surface area contributed by atoms with Gasteiger partial charge in [-0.15, -0.1) is 0 Å². The molecule has 0 amide bonds. The summed E-state index contributed by atoms with van der Waals surface area (Å²) in [6, 6.07) is 9.88. The van der Waals surface area contributed by atoms with Crippen LogP contribution in [0.3, 0.4) is 0 Å². The van der Waals surface area contributed by atoms with E-state index in [1.165, 1.54) is 12.2 Å². The maximum Gasteiger partial charge on any atom is 0.208 e. The molecule has 0 heterocycles. The van der Waals surface area contributed by atoms with Gasteiger partial charge in [0.15, 0.2) is 0 Å². The smallest absolute Gasteiger partial charge is 0.208 e. The van der Waals surface area contributed by atoms with E-state index in [2.05, 4.69) is 4.72 Å². The molecule has 1 saturated carbocycles. The van der Waals surface area contributed by atoms with Crippen molar-refractivity contribution in [3.8, 4) is 0 Å². The molecule has 0 saturated heterocycles. The van der Waals surface area contributed by atoms with E-state index >= 15 is 0 Å². The second-order valence-corrected chi connectivity index (χ2v) is 5.32. The number of benzene rings is 1. The van der Waals surface area contributed by atoms with Crippen molar-refractivity contribution in [2.75, 3.05) is 6.26 Å². The molecule has 1 unspecified atom stereocenters. The highest BCUT2D eigenvalue weighted by atomic mass is 32.2. The molecule has 0 aromatic heterocycles. The first kappa shape index (κ1) is 9.68. The summed E-state index contributed by atoms with van der Waals surface area (Å²) < 4.78 is 24.4.